The van der Waals surface area contributed by atoms with Gasteiger partial charge < -0.3 is 14.5 Å². The van der Waals surface area contributed by atoms with Crippen LogP contribution in [0.4, 0.5) is 22.7 Å². The van der Waals surface area contributed by atoms with Crippen LogP contribution < -0.4 is 14.5 Å². The summed E-state index contributed by atoms with van der Waals surface area (Å²) in [7, 11) is 0. The quantitative estimate of drug-likeness (QED) is 0.144. The summed E-state index contributed by atoms with van der Waals surface area (Å²) >= 11 is 0. The first-order valence-electron chi connectivity index (χ1n) is 28.7. The van der Waals surface area contributed by atoms with Crippen molar-refractivity contribution in [3.63, 3.8) is 0 Å². The van der Waals surface area contributed by atoms with E-state index in [0.717, 1.165) is 67.3 Å². The molecule has 3 heterocycles. The molecular weight excluding hydrogens is 985 g/mol. The first-order valence-corrected chi connectivity index (χ1v) is 28.7. The molecule has 5 nitrogen and oxygen atoms in total. The van der Waals surface area contributed by atoms with Crippen LogP contribution in [0.5, 0.6) is 11.5 Å². The second kappa shape index (κ2) is 20.1. The van der Waals surface area contributed by atoms with E-state index in [2.05, 4.69) is 316 Å². The molecule has 0 radical (unpaired) electrons. The van der Waals surface area contributed by atoms with Crippen LogP contribution in [0.25, 0.3) is 72.1 Å². The number of benzene rings is 9. The Labute approximate surface area is 480 Å². The molecule has 11 aromatic rings. The molecule has 2 aromatic heterocycles. The Hall–Kier alpha value is -8.67. The Kier molecular flexibility index (Phi) is 13.2. The third-order valence-corrected chi connectivity index (χ3v) is 16.3. The van der Waals surface area contributed by atoms with Crippen molar-refractivity contribution in [1.29, 1.82) is 0 Å². The van der Waals surface area contributed by atoms with Crippen LogP contribution in [0.1, 0.15) is 105 Å². The molecular formula is C76H74N4O. The summed E-state index contributed by atoms with van der Waals surface area (Å²) in [5.41, 5.74) is 20.9. The number of anilines is 4. The van der Waals surface area contributed by atoms with Crippen molar-refractivity contribution in [3.05, 3.63) is 241 Å². The SMILES string of the molecule is CC(C)(C)c1ccc(-c2ccc3c(c2)c2ccc(Oc4cc(N5CN(c6c(-c7ccccc7)cccc6-c6ccc(C(C)(C)C)cc6)c6ccccc65)cc(C(C)(C)C)c4)cc2n3-c2cc(C(C)(C)C)c(-c3ccccc3)cn2)cc1. The van der Waals surface area contributed by atoms with Gasteiger partial charge in [0.2, 0.25) is 0 Å². The van der Waals surface area contributed by atoms with Crippen LogP contribution in [0, 0.1) is 0 Å². The lowest BCUT2D eigenvalue weighted by molar-refractivity contribution is 0.479. The van der Waals surface area contributed by atoms with E-state index in [1.165, 1.54) is 61.3 Å². The van der Waals surface area contributed by atoms with Gasteiger partial charge in [-0.2, -0.15) is 0 Å². The minimum atomic E-state index is -0.178. The van der Waals surface area contributed by atoms with Crippen LogP contribution in [0.2, 0.25) is 0 Å². The first-order chi connectivity index (χ1) is 38.7. The van der Waals surface area contributed by atoms with Crippen LogP contribution in [-0.2, 0) is 21.7 Å². The first kappa shape index (κ1) is 53.0. The monoisotopic (exact) mass is 1060 g/mol. The number of hydrogen-bond acceptors (Lipinski definition) is 4. The number of rotatable bonds is 9. The fraction of sp³-hybridized carbons (Fsp3) is 0.224. The van der Waals surface area contributed by atoms with E-state index in [1.54, 1.807) is 0 Å². The molecule has 0 saturated heterocycles. The lowest BCUT2D eigenvalue weighted by atomic mass is 9.82. The van der Waals surface area contributed by atoms with E-state index in [-0.39, 0.29) is 21.7 Å². The van der Waals surface area contributed by atoms with Gasteiger partial charge in [-0.1, -0.05) is 229 Å². The molecule has 0 aliphatic carbocycles. The molecule has 1 aliphatic heterocycles. The Bertz CT molecular complexity index is 4120. The molecule has 0 atom stereocenters. The number of hydrogen-bond donors (Lipinski definition) is 0. The Balaban J connectivity index is 0.979. The van der Waals surface area contributed by atoms with Crippen molar-refractivity contribution >= 4 is 44.6 Å². The molecule has 0 N–H and O–H groups in total. The number of nitrogens with zero attached hydrogens (tertiary/aromatic N) is 4. The number of fused-ring (bicyclic) bond motifs is 4. The number of para-hydroxylation sites is 3. The van der Waals surface area contributed by atoms with Gasteiger partial charge >= 0.3 is 0 Å². The minimum Gasteiger partial charge on any atom is -0.457 e. The van der Waals surface area contributed by atoms with E-state index in [0.29, 0.717) is 6.67 Å². The van der Waals surface area contributed by atoms with E-state index < -0.39 is 0 Å². The molecule has 404 valence electrons. The van der Waals surface area contributed by atoms with E-state index in [9.17, 15) is 0 Å². The van der Waals surface area contributed by atoms with E-state index >= 15 is 0 Å². The molecule has 0 unspecified atom stereocenters. The standard InChI is InChI=1S/C76H74N4O/c1-73(2,3)55-35-30-50(31-36-55)54-34-41-67-64(42-54)63-40-39-59(46-70(63)80(67)71-47-66(76(10,11)12)65(48-77-71)52-24-17-14-18-25-52)81-60-44-57(75(7,8)9)43-58(45-60)78-49-79(69-29-20-19-28-68(69)78)72-61(51-22-15-13-16-23-51)26-21-27-62(72)53-32-37-56(38-33-53)74(4,5)6/h13-48H,49H2,1-12H3. The van der Waals surface area contributed by atoms with Gasteiger partial charge in [0.25, 0.3) is 0 Å². The molecule has 9 aromatic carbocycles. The zero-order valence-electron chi connectivity index (χ0n) is 49.2. The third kappa shape index (κ3) is 10.2. The highest BCUT2D eigenvalue weighted by Gasteiger charge is 2.33. The van der Waals surface area contributed by atoms with Gasteiger partial charge in [0, 0.05) is 51.5 Å². The smallest absolute Gasteiger partial charge is 0.137 e. The zero-order valence-corrected chi connectivity index (χ0v) is 49.2. The predicted octanol–water partition coefficient (Wildman–Crippen LogP) is 21.1. The van der Waals surface area contributed by atoms with E-state index in [1.807, 2.05) is 0 Å². The lowest BCUT2D eigenvalue weighted by Gasteiger charge is -2.28. The van der Waals surface area contributed by atoms with Gasteiger partial charge in [0.05, 0.1) is 28.1 Å². The highest BCUT2D eigenvalue weighted by atomic mass is 16.5. The van der Waals surface area contributed by atoms with Crippen molar-refractivity contribution in [2.24, 2.45) is 0 Å². The number of pyridine rings is 1. The van der Waals surface area contributed by atoms with Gasteiger partial charge in [-0.05, 0) is 126 Å². The normalized spacial score (nSPS) is 13.1. The Morgan fingerprint density at radius 3 is 1.51 bits per heavy atom. The molecule has 81 heavy (non-hydrogen) atoms. The third-order valence-electron chi connectivity index (χ3n) is 16.3. The maximum absolute atomic E-state index is 7.21. The molecule has 1 aliphatic rings. The van der Waals surface area contributed by atoms with Gasteiger partial charge in [-0.25, -0.2) is 4.98 Å². The summed E-state index contributed by atoms with van der Waals surface area (Å²) in [4.78, 5) is 10.3. The summed E-state index contributed by atoms with van der Waals surface area (Å²) < 4.78 is 9.54. The molecule has 12 rings (SSSR count). The number of ether oxygens (including phenoxy) is 1. The second-order valence-electron chi connectivity index (χ2n) is 26.2. The molecule has 0 bridgehead atoms. The molecule has 5 heteroatoms. The van der Waals surface area contributed by atoms with Gasteiger partial charge in [0.15, 0.2) is 0 Å². The van der Waals surface area contributed by atoms with Crippen LogP contribution in [0.3, 0.4) is 0 Å². The topological polar surface area (TPSA) is 33.5 Å². The minimum absolute atomic E-state index is 0.0486. The van der Waals surface area contributed by atoms with E-state index in [4.69, 9.17) is 9.72 Å². The molecule has 0 saturated carbocycles. The molecule has 0 fully saturated rings. The maximum atomic E-state index is 7.21. The van der Waals surface area contributed by atoms with Crippen molar-refractivity contribution in [2.75, 3.05) is 16.5 Å². The average molecular weight is 1060 g/mol. The summed E-state index contributed by atoms with van der Waals surface area (Å²) in [6.07, 6.45) is 2.07. The predicted molar refractivity (Wildman–Crippen MR) is 344 cm³/mol. The summed E-state index contributed by atoms with van der Waals surface area (Å²) in [5.74, 6) is 2.40. The molecule has 0 spiro atoms. The summed E-state index contributed by atoms with van der Waals surface area (Å²) in [6.45, 7) is 28.0. The fourth-order valence-electron chi connectivity index (χ4n) is 11.7. The second-order valence-corrected chi connectivity index (χ2v) is 26.2. The summed E-state index contributed by atoms with van der Waals surface area (Å²) in [5, 5.41) is 2.29. The summed E-state index contributed by atoms with van der Waals surface area (Å²) in [6, 6.07) is 77.9. The average Bonchev–Trinajstić information content (AvgIpc) is 4.09. The van der Waals surface area contributed by atoms with Gasteiger partial charge in [0.1, 0.15) is 24.0 Å². The van der Waals surface area contributed by atoms with Crippen molar-refractivity contribution in [3.8, 4) is 61.8 Å². The van der Waals surface area contributed by atoms with Gasteiger partial charge in [-0.3, -0.25) is 4.57 Å². The Morgan fingerprint density at radius 2 is 0.914 bits per heavy atom. The van der Waals surface area contributed by atoms with Crippen LogP contribution in [-0.4, -0.2) is 16.2 Å². The zero-order chi connectivity index (χ0) is 56.6. The van der Waals surface area contributed by atoms with Crippen molar-refractivity contribution in [2.45, 2.75) is 105 Å². The highest BCUT2D eigenvalue weighted by Crippen LogP contribution is 2.51. The highest BCUT2D eigenvalue weighted by molar-refractivity contribution is 6.11. The fourth-order valence-corrected chi connectivity index (χ4v) is 11.7. The largest absolute Gasteiger partial charge is 0.457 e. The molecule has 0 amide bonds. The lowest BCUT2D eigenvalue weighted by Crippen LogP contribution is -2.25. The number of aromatic nitrogens is 2. The van der Waals surface area contributed by atoms with Crippen molar-refractivity contribution in [1.82, 2.24) is 9.55 Å². The van der Waals surface area contributed by atoms with Crippen LogP contribution >= 0.6 is 0 Å². The van der Waals surface area contributed by atoms with Gasteiger partial charge in [-0.15, -0.1) is 0 Å². The maximum Gasteiger partial charge on any atom is 0.137 e. The van der Waals surface area contributed by atoms with Crippen LogP contribution in [0.15, 0.2) is 219 Å². The Morgan fingerprint density at radius 1 is 0.370 bits per heavy atom. The van der Waals surface area contributed by atoms with Crippen molar-refractivity contribution < 1.29 is 4.74 Å².